The lowest BCUT2D eigenvalue weighted by molar-refractivity contribution is 0.102. The van der Waals surface area contributed by atoms with E-state index in [0.29, 0.717) is 28.3 Å². The highest BCUT2D eigenvalue weighted by Crippen LogP contribution is 2.36. The third-order valence-corrected chi connectivity index (χ3v) is 4.71. The van der Waals surface area contributed by atoms with E-state index < -0.39 is 0 Å². The number of methoxy groups -OCH3 is 1. The number of rotatable bonds is 6. The van der Waals surface area contributed by atoms with Crippen LogP contribution in [0.2, 0.25) is 0 Å². The van der Waals surface area contributed by atoms with Crippen molar-refractivity contribution in [1.29, 1.82) is 0 Å². The second kappa shape index (κ2) is 6.15. The fourth-order valence-corrected chi connectivity index (χ4v) is 3.26. The van der Waals surface area contributed by atoms with Gasteiger partial charge in [0.1, 0.15) is 5.75 Å². The summed E-state index contributed by atoms with van der Waals surface area (Å²) in [5, 5.41) is 12.3. The van der Waals surface area contributed by atoms with Crippen molar-refractivity contribution < 1.29 is 9.53 Å². The Morgan fingerprint density at radius 3 is 3.00 bits per heavy atom. The Hall–Kier alpha value is -1.41. The van der Waals surface area contributed by atoms with Gasteiger partial charge in [0.15, 0.2) is 5.78 Å². The van der Waals surface area contributed by atoms with Crippen LogP contribution in [0.5, 0.6) is 5.75 Å². The van der Waals surface area contributed by atoms with Crippen LogP contribution in [0.1, 0.15) is 29.2 Å². The van der Waals surface area contributed by atoms with E-state index in [9.17, 15) is 4.79 Å². The lowest BCUT2D eigenvalue weighted by Crippen LogP contribution is -2.05. The summed E-state index contributed by atoms with van der Waals surface area (Å²) < 4.78 is 7.73. The summed E-state index contributed by atoms with van der Waals surface area (Å²) in [4.78, 5) is 12.2. The van der Waals surface area contributed by atoms with Gasteiger partial charge in [0.25, 0.3) is 0 Å². The highest BCUT2D eigenvalue weighted by Gasteiger charge is 2.28. The second-order valence-electron chi connectivity index (χ2n) is 4.70. The summed E-state index contributed by atoms with van der Waals surface area (Å²) in [6.07, 6.45) is 2.22. The molecule has 0 atom stereocenters. The molecule has 8 heteroatoms. The van der Waals surface area contributed by atoms with Crippen LogP contribution in [0.4, 0.5) is 0 Å². The van der Waals surface area contributed by atoms with Gasteiger partial charge in [-0.15, -0.1) is 5.10 Å². The van der Waals surface area contributed by atoms with Crippen LogP contribution in [0.25, 0.3) is 0 Å². The molecule has 0 spiro atoms. The average Bonchev–Trinajstić information content (AvgIpc) is 3.23. The predicted molar refractivity (Wildman–Crippen MR) is 81.8 cm³/mol. The Labute approximate surface area is 134 Å². The first kappa shape index (κ1) is 14.5. The number of ketones is 1. The monoisotopic (exact) mass is 368 g/mol. The number of ether oxygens (including phenoxy) is 1. The lowest BCUT2D eigenvalue weighted by Gasteiger charge is -2.06. The van der Waals surface area contributed by atoms with Crippen LogP contribution < -0.4 is 4.74 Å². The topological polar surface area (TPSA) is 69.9 Å². The van der Waals surface area contributed by atoms with Gasteiger partial charge in [-0.25, -0.2) is 4.68 Å². The Kier molecular flexibility index (Phi) is 4.25. The summed E-state index contributed by atoms with van der Waals surface area (Å²) in [6, 6.07) is 5.71. The van der Waals surface area contributed by atoms with Crippen molar-refractivity contribution in [2.24, 2.45) is 0 Å². The molecule has 0 unspecified atom stereocenters. The third kappa shape index (κ3) is 3.26. The highest BCUT2D eigenvalue weighted by atomic mass is 79.9. The molecule has 110 valence electrons. The molecule has 3 rings (SSSR count). The maximum atomic E-state index is 12.2. The van der Waals surface area contributed by atoms with Gasteiger partial charge in [-0.1, -0.05) is 11.8 Å². The molecular weight excluding hydrogens is 356 g/mol. The number of carbonyl (C=O) groups excluding carboxylic acids is 1. The number of hydrogen-bond acceptors (Lipinski definition) is 6. The highest BCUT2D eigenvalue weighted by molar-refractivity contribution is 9.10. The number of halogens is 1. The molecule has 1 fully saturated rings. The zero-order valence-electron chi connectivity index (χ0n) is 11.3. The number of nitrogens with zero attached hydrogens (tertiary/aromatic N) is 4. The molecule has 21 heavy (non-hydrogen) atoms. The van der Waals surface area contributed by atoms with E-state index in [4.69, 9.17) is 4.74 Å². The van der Waals surface area contributed by atoms with Crippen LogP contribution in [0.15, 0.2) is 27.8 Å². The molecule has 1 aliphatic rings. The molecule has 1 saturated carbocycles. The van der Waals surface area contributed by atoms with Crippen molar-refractivity contribution >= 4 is 33.5 Å². The molecule has 2 aromatic rings. The van der Waals surface area contributed by atoms with Gasteiger partial charge in [0.2, 0.25) is 5.16 Å². The average molecular weight is 369 g/mol. The zero-order valence-corrected chi connectivity index (χ0v) is 13.7. The van der Waals surface area contributed by atoms with E-state index in [0.717, 1.165) is 17.3 Å². The van der Waals surface area contributed by atoms with Crippen molar-refractivity contribution in [3.63, 3.8) is 0 Å². The second-order valence-corrected chi connectivity index (χ2v) is 6.50. The van der Waals surface area contributed by atoms with Gasteiger partial charge in [-0.2, -0.15) is 0 Å². The molecule has 1 heterocycles. The number of tetrazole rings is 1. The zero-order chi connectivity index (χ0) is 14.8. The molecule has 0 saturated heterocycles. The molecule has 6 nitrogen and oxygen atoms in total. The number of thioether (sulfide) groups is 1. The maximum Gasteiger partial charge on any atom is 0.210 e. The van der Waals surface area contributed by atoms with Gasteiger partial charge in [0.05, 0.1) is 23.4 Å². The maximum absolute atomic E-state index is 12.2. The fraction of sp³-hybridized carbons (Fsp3) is 0.385. The van der Waals surface area contributed by atoms with E-state index in [2.05, 4.69) is 31.5 Å². The largest absolute Gasteiger partial charge is 0.496 e. The van der Waals surface area contributed by atoms with Crippen molar-refractivity contribution in [2.75, 3.05) is 12.9 Å². The standard InChI is InChI=1S/C13H13BrN4O2S/c1-20-12-5-2-8(6-10(12)14)11(19)7-21-13-15-16-17-18(13)9-3-4-9/h2,5-6,9H,3-4,7H2,1H3. The normalized spacial score (nSPS) is 14.2. The van der Waals surface area contributed by atoms with Crippen LogP contribution in [-0.2, 0) is 0 Å². The van der Waals surface area contributed by atoms with E-state index >= 15 is 0 Å². The van der Waals surface area contributed by atoms with Crippen LogP contribution in [0.3, 0.4) is 0 Å². The van der Waals surface area contributed by atoms with Gasteiger partial charge in [-0.3, -0.25) is 4.79 Å². The van der Waals surface area contributed by atoms with Crippen LogP contribution in [-0.4, -0.2) is 38.9 Å². The van der Waals surface area contributed by atoms with Gasteiger partial charge >= 0.3 is 0 Å². The van der Waals surface area contributed by atoms with Crippen molar-refractivity contribution in [1.82, 2.24) is 20.2 Å². The molecule has 1 aliphatic carbocycles. The van der Waals surface area contributed by atoms with E-state index in [-0.39, 0.29) is 5.78 Å². The van der Waals surface area contributed by atoms with Gasteiger partial charge < -0.3 is 4.74 Å². The van der Waals surface area contributed by atoms with Gasteiger partial charge in [0, 0.05) is 5.56 Å². The van der Waals surface area contributed by atoms with E-state index in [1.165, 1.54) is 11.8 Å². The quantitative estimate of drug-likeness (QED) is 0.576. The fourth-order valence-electron chi connectivity index (χ4n) is 1.88. The Bertz CT molecular complexity index is 672. The minimum Gasteiger partial charge on any atom is -0.496 e. The minimum atomic E-state index is 0.0358. The van der Waals surface area contributed by atoms with E-state index in [1.807, 2.05) is 4.68 Å². The number of aromatic nitrogens is 4. The number of benzene rings is 1. The SMILES string of the molecule is COc1ccc(C(=O)CSc2nnnn2C2CC2)cc1Br. The number of Topliss-reactive ketones (excluding diaryl/α,β-unsaturated/α-hetero) is 1. The molecule has 0 N–H and O–H groups in total. The summed E-state index contributed by atoms with van der Waals surface area (Å²) >= 11 is 4.76. The lowest BCUT2D eigenvalue weighted by atomic mass is 10.1. The van der Waals surface area contributed by atoms with E-state index in [1.54, 1.807) is 25.3 Å². The minimum absolute atomic E-state index is 0.0358. The van der Waals surface area contributed by atoms with Crippen molar-refractivity contribution in [3.05, 3.63) is 28.2 Å². The molecular formula is C13H13BrN4O2S. The molecule has 0 bridgehead atoms. The molecule has 1 aromatic heterocycles. The first-order chi connectivity index (χ1) is 10.2. The first-order valence-corrected chi connectivity index (χ1v) is 8.24. The predicted octanol–water partition coefficient (Wildman–Crippen LogP) is 2.75. The number of hydrogen-bond donors (Lipinski definition) is 0. The summed E-state index contributed by atoms with van der Waals surface area (Å²) in [5.74, 6) is 1.05. The van der Waals surface area contributed by atoms with Crippen LogP contribution >= 0.6 is 27.7 Å². The Balaban J connectivity index is 1.66. The first-order valence-electron chi connectivity index (χ1n) is 6.46. The summed E-state index contributed by atoms with van der Waals surface area (Å²) in [7, 11) is 1.59. The molecule has 1 aromatic carbocycles. The Morgan fingerprint density at radius 1 is 1.52 bits per heavy atom. The molecule has 0 aliphatic heterocycles. The smallest absolute Gasteiger partial charge is 0.210 e. The molecule has 0 radical (unpaired) electrons. The summed E-state index contributed by atoms with van der Waals surface area (Å²) in [6.45, 7) is 0. The van der Waals surface area contributed by atoms with Crippen molar-refractivity contribution in [3.8, 4) is 5.75 Å². The Morgan fingerprint density at radius 2 is 2.33 bits per heavy atom. The third-order valence-electron chi connectivity index (χ3n) is 3.16. The van der Waals surface area contributed by atoms with Gasteiger partial charge in [-0.05, 0) is 57.4 Å². The summed E-state index contributed by atoms with van der Waals surface area (Å²) in [5.41, 5.74) is 0.639. The molecule has 0 amide bonds. The number of carbonyl (C=O) groups is 1. The van der Waals surface area contributed by atoms with Crippen molar-refractivity contribution in [2.45, 2.75) is 24.0 Å². The van der Waals surface area contributed by atoms with Crippen LogP contribution in [0, 0.1) is 0 Å².